The summed E-state index contributed by atoms with van der Waals surface area (Å²) in [5.74, 6) is -0.0200. The van der Waals surface area contributed by atoms with Crippen molar-refractivity contribution < 1.29 is 9.90 Å². The number of carbonyl (C=O) groups is 1. The first-order valence-electron chi connectivity index (χ1n) is 6.30. The maximum atomic E-state index is 12.3. The minimum Gasteiger partial charge on any atom is -0.391 e. The first-order chi connectivity index (χ1) is 8.59. The number of amides is 1. The van der Waals surface area contributed by atoms with Crippen molar-refractivity contribution in [2.24, 2.45) is 0 Å². The van der Waals surface area contributed by atoms with Crippen LogP contribution in [0.15, 0.2) is 28.7 Å². The lowest BCUT2D eigenvalue weighted by Crippen LogP contribution is -2.46. The quantitative estimate of drug-likeness (QED) is 0.912. The molecule has 0 unspecified atom stereocenters. The minimum absolute atomic E-state index is 0.0200. The third-order valence-corrected chi connectivity index (χ3v) is 4.13. The zero-order valence-corrected chi connectivity index (χ0v) is 12.1. The van der Waals surface area contributed by atoms with Crippen molar-refractivity contribution in [2.75, 3.05) is 7.05 Å². The fourth-order valence-corrected chi connectivity index (χ4v) is 2.75. The molecule has 2 rings (SSSR count). The molecule has 0 heterocycles. The Bertz CT molecular complexity index is 418. The SMILES string of the molecule is CN(C(=O)c1ccc(Br)cc1)[C@H]1CCCC[C@@H]1O. The second-order valence-electron chi connectivity index (χ2n) is 4.84. The summed E-state index contributed by atoms with van der Waals surface area (Å²) in [7, 11) is 1.78. The van der Waals surface area contributed by atoms with Gasteiger partial charge in [0.05, 0.1) is 12.1 Å². The van der Waals surface area contributed by atoms with Crippen molar-refractivity contribution in [3.63, 3.8) is 0 Å². The van der Waals surface area contributed by atoms with Gasteiger partial charge in [-0.15, -0.1) is 0 Å². The van der Waals surface area contributed by atoms with Crippen LogP contribution in [-0.2, 0) is 0 Å². The van der Waals surface area contributed by atoms with Gasteiger partial charge in [0.2, 0.25) is 0 Å². The number of carbonyl (C=O) groups excluding carboxylic acids is 1. The van der Waals surface area contributed by atoms with Crippen molar-refractivity contribution in [1.29, 1.82) is 0 Å². The van der Waals surface area contributed by atoms with E-state index in [0.717, 1.165) is 30.2 Å². The number of nitrogens with zero attached hydrogens (tertiary/aromatic N) is 1. The summed E-state index contributed by atoms with van der Waals surface area (Å²) in [4.78, 5) is 14.0. The third kappa shape index (κ3) is 2.93. The number of hydrogen-bond donors (Lipinski definition) is 1. The molecular weight excluding hydrogens is 294 g/mol. The number of likely N-dealkylation sites (N-methyl/N-ethyl adjacent to an activating group) is 1. The first-order valence-corrected chi connectivity index (χ1v) is 7.09. The van der Waals surface area contributed by atoms with Gasteiger partial charge < -0.3 is 10.0 Å². The van der Waals surface area contributed by atoms with E-state index in [1.807, 2.05) is 12.1 Å². The van der Waals surface area contributed by atoms with E-state index in [2.05, 4.69) is 15.9 Å². The van der Waals surface area contributed by atoms with E-state index in [1.54, 1.807) is 24.1 Å². The predicted octanol–water partition coefficient (Wildman–Crippen LogP) is 2.82. The molecule has 1 aromatic carbocycles. The Morgan fingerprint density at radius 1 is 1.28 bits per heavy atom. The Hall–Kier alpha value is -0.870. The van der Waals surface area contributed by atoms with Crippen LogP contribution in [0, 0.1) is 0 Å². The summed E-state index contributed by atoms with van der Waals surface area (Å²) >= 11 is 3.35. The molecule has 3 nitrogen and oxygen atoms in total. The molecule has 18 heavy (non-hydrogen) atoms. The van der Waals surface area contributed by atoms with Crippen molar-refractivity contribution >= 4 is 21.8 Å². The minimum atomic E-state index is -0.386. The van der Waals surface area contributed by atoms with Gasteiger partial charge >= 0.3 is 0 Å². The summed E-state index contributed by atoms with van der Waals surface area (Å²) in [6.45, 7) is 0. The molecule has 4 heteroatoms. The second-order valence-corrected chi connectivity index (χ2v) is 5.76. The van der Waals surface area contributed by atoms with Crippen molar-refractivity contribution in [2.45, 2.75) is 37.8 Å². The van der Waals surface area contributed by atoms with Crippen molar-refractivity contribution in [3.8, 4) is 0 Å². The molecule has 1 aliphatic carbocycles. The second kappa shape index (κ2) is 5.85. The Balaban J connectivity index is 2.10. The van der Waals surface area contributed by atoms with Gasteiger partial charge in [0.25, 0.3) is 5.91 Å². The van der Waals surface area contributed by atoms with Gasteiger partial charge in [-0.2, -0.15) is 0 Å². The molecular formula is C14H18BrNO2. The van der Waals surface area contributed by atoms with Crippen LogP contribution in [0.4, 0.5) is 0 Å². The molecule has 1 N–H and O–H groups in total. The van der Waals surface area contributed by atoms with Gasteiger partial charge in [-0.1, -0.05) is 28.8 Å². The highest BCUT2D eigenvalue weighted by Crippen LogP contribution is 2.23. The largest absolute Gasteiger partial charge is 0.391 e. The van der Waals surface area contributed by atoms with E-state index in [-0.39, 0.29) is 18.1 Å². The number of benzene rings is 1. The zero-order valence-electron chi connectivity index (χ0n) is 10.5. The van der Waals surface area contributed by atoms with E-state index in [1.165, 1.54) is 0 Å². The van der Waals surface area contributed by atoms with Crippen LogP contribution in [0.5, 0.6) is 0 Å². The number of rotatable bonds is 2. The number of halogens is 1. The van der Waals surface area contributed by atoms with Crippen LogP contribution >= 0.6 is 15.9 Å². The fraction of sp³-hybridized carbons (Fsp3) is 0.500. The molecule has 1 amide bonds. The van der Waals surface area contributed by atoms with E-state index < -0.39 is 0 Å². The van der Waals surface area contributed by atoms with Gasteiger partial charge in [0.1, 0.15) is 0 Å². The fourth-order valence-electron chi connectivity index (χ4n) is 2.49. The third-order valence-electron chi connectivity index (χ3n) is 3.60. The Morgan fingerprint density at radius 3 is 2.50 bits per heavy atom. The standard InChI is InChI=1S/C14H18BrNO2/c1-16(12-4-2-3-5-13(12)17)14(18)10-6-8-11(15)9-7-10/h6-9,12-13,17H,2-5H2,1H3/t12-,13-/m0/s1. The van der Waals surface area contributed by atoms with Crippen LogP contribution in [0.25, 0.3) is 0 Å². The monoisotopic (exact) mass is 311 g/mol. The van der Waals surface area contributed by atoms with Crippen LogP contribution in [-0.4, -0.2) is 35.1 Å². The van der Waals surface area contributed by atoms with Crippen LogP contribution < -0.4 is 0 Å². The highest BCUT2D eigenvalue weighted by molar-refractivity contribution is 9.10. The molecule has 1 aromatic rings. The lowest BCUT2D eigenvalue weighted by molar-refractivity contribution is 0.0268. The highest BCUT2D eigenvalue weighted by atomic mass is 79.9. The molecule has 0 radical (unpaired) electrons. The maximum absolute atomic E-state index is 12.3. The van der Waals surface area contributed by atoms with Gasteiger partial charge in [-0.25, -0.2) is 0 Å². The van der Waals surface area contributed by atoms with Gasteiger partial charge in [-0.3, -0.25) is 4.79 Å². The maximum Gasteiger partial charge on any atom is 0.253 e. The molecule has 1 fully saturated rings. The van der Waals surface area contributed by atoms with E-state index in [0.29, 0.717) is 5.56 Å². The summed E-state index contributed by atoms with van der Waals surface area (Å²) in [6.07, 6.45) is 3.43. The number of hydrogen-bond acceptors (Lipinski definition) is 2. The average molecular weight is 312 g/mol. The highest BCUT2D eigenvalue weighted by Gasteiger charge is 2.29. The smallest absolute Gasteiger partial charge is 0.253 e. The van der Waals surface area contributed by atoms with Gasteiger partial charge in [0.15, 0.2) is 0 Å². The topological polar surface area (TPSA) is 40.5 Å². The Labute approximate surface area is 116 Å². The Kier molecular flexibility index (Phi) is 4.40. The average Bonchev–Trinajstić information content (AvgIpc) is 2.38. The van der Waals surface area contributed by atoms with E-state index in [9.17, 15) is 9.90 Å². The van der Waals surface area contributed by atoms with Crippen molar-refractivity contribution in [1.82, 2.24) is 4.90 Å². The molecule has 2 atom stereocenters. The number of aliphatic hydroxyl groups is 1. The summed E-state index contributed by atoms with van der Waals surface area (Å²) in [5.41, 5.74) is 0.665. The van der Waals surface area contributed by atoms with E-state index in [4.69, 9.17) is 0 Å². The van der Waals surface area contributed by atoms with Gasteiger partial charge in [-0.05, 0) is 37.1 Å². The summed E-state index contributed by atoms with van der Waals surface area (Å²) in [6, 6.07) is 7.28. The lowest BCUT2D eigenvalue weighted by Gasteiger charge is -2.35. The number of aliphatic hydroxyl groups excluding tert-OH is 1. The zero-order chi connectivity index (χ0) is 13.1. The molecule has 0 aliphatic heterocycles. The molecule has 0 bridgehead atoms. The Morgan fingerprint density at radius 2 is 1.89 bits per heavy atom. The van der Waals surface area contributed by atoms with Crippen molar-refractivity contribution in [3.05, 3.63) is 34.3 Å². The summed E-state index contributed by atoms with van der Waals surface area (Å²) < 4.78 is 0.958. The molecule has 1 aliphatic rings. The molecule has 0 aromatic heterocycles. The van der Waals surface area contributed by atoms with E-state index >= 15 is 0 Å². The molecule has 98 valence electrons. The molecule has 1 saturated carbocycles. The molecule has 0 saturated heterocycles. The summed E-state index contributed by atoms with van der Waals surface area (Å²) in [5, 5.41) is 9.98. The first kappa shape index (κ1) is 13.6. The predicted molar refractivity (Wildman–Crippen MR) is 74.5 cm³/mol. The van der Waals surface area contributed by atoms with Gasteiger partial charge in [0, 0.05) is 17.1 Å². The normalized spacial score (nSPS) is 23.7. The van der Waals surface area contributed by atoms with Crippen LogP contribution in [0.1, 0.15) is 36.0 Å². The molecule has 0 spiro atoms. The van der Waals surface area contributed by atoms with Crippen LogP contribution in [0.2, 0.25) is 0 Å². The van der Waals surface area contributed by atoms with Crippen LogP contribution in [0.3, 0.4) is 0 Å². The lowest BCUT2D eigenvalue weighted by atomic mass is 9.91.